The molecule has 1 aliphatic carbocycles. The average molecular weight is 371 g/mol. The van der Waals surface area contributed by atoms with Gasteiger partial charge in [-0.3, -0.25) is 4.79 Å². The summed E-state index contributed by atoms with van der Waals surface area (Å²) in [6.07, 6.45) is 14.7. The van der Waals surface area contributed by atoms with Crippen LogP contribution in [0.4, 0.5) is 0 Å². The molecule has 1 saturated heterocycles. The summed E-state index contributed by atoms with van der Waals surface area (Å²) >= 11 is 0. The van der Waals surface area contributed by atoms with Crippen molar-refractivity contribution in [2.24, 2.45) is 13.0 Å². The summed E-state index contributed by atoms with van der Waals surface area (Å²) in [4.78, 5) is 19.2. The fourth-order valence-corrected chi connectivity index (χ4v) is 4.58. The van der Waals surface area contributed by atoms with Crippen LogP contribution in [0.2, 0.25) is 0 Å². The number of hydrogen-bond acceptors (Lipinski definition) is 4. The number of nitrogens with zero attached hydrogens (tertiary/aromatic N) is 6. The van der Waals surface area contributed by atoms with Crippen LogP contribution in [0.5, 0.6) is 0 Å². The van der Waals surface area contributed by atoms with Crippen LogP contribution < -0.4 is 0 Å². The Bertz CT molecular complexity index is 745. The summed E-state index contributed by atoms with van der Waals surface area (Å²) in [6.45, 7) is 2.35. The Morgan fingerprint density at radius 3 is 2.67 bits per heavy atom. The predicted molar refractivity (Wildman–Crippen MR) is 102 cm³/mol. The number of hydrogen-bond donors (Lipinski definition) is 0. The molecule has 0 N–H and O–H groups in total. The zero-order valence-corrected chi connectivity index (χ0v) is 16.3. The summed E-state index contributed by atoms with van der Waals surface area (Å²) in [5, 5.41) is 8.88. The van der Waals surface area contributed by atoms with Gasteiger partial charge in [0.1, 0.15) is 5.82 Å². The fraction of sp³-hybridized carbons (Fsp3) is 0.700. The van der Waals surface area contributed by atoms with Gasteiger partial charge in [0.25, 0.3) is 0 Å². The standard InChI is InChI=1S/C20H30N6O/c1-24-18(14-25-12-10-21-15-25)22-23-19(24)17-9-6-11-26(13-17)20(27)16-7-4-2-3-5-8-16/h10,12,15-17H,2-9,11,13-14H2,1H3/t17-/m1/s1. The van der Waals surface area contributed by atoms with E-state index in [9.17, 15) is 4.79 Å². The molecular formula is C20H30N6O. The van der Waals surface area contributed by atoms with Gasteiger partial charge in [0.05, 0.1) is 12.9 Å². The first-order chi connectivity index (χ1) is 13.2. The van der Waals surface area contributed by atoms with Gasteiger partial charge in [-0.1, -0.05) is 25.7 Å². The normalized spacial score (nSPS) is 22.0. The third kappa shape index (κ3) is 4.06. The zero-order chi connectivity index (χ0) is 18.6. The van der Waals surface area contributed by atoms with Gasteiger partial charge in [0.2, 0.25) is 5.91 Å². The molecule has 1 atom stereocenters. The van der Waals surface area contributed by atoms with E-state index in [0.29, 0.717) is 12.5 Å². The zero-order valence-electron chi connectivity index (χ0n) is 16.3. The number of likely N-dealkylation sites (tertiary alicyclic amines) is 1. The Kier molecular flexibility index (Phi) is 5.55. The molecule has 1 saturated carbocycles. The van der Waals surface area contributed by atoms with E-state index in [1.54, 1.807) is 12.5 Å². The Morgan fingerprint density at radius 2 is 1.93 bits per heavy atom. The molecule has 1 amide bonds. The predicted octanol–water partition coefficient (Wildman–Crippen LogP) is 2.74. The number of imidazole rings is 1. The number of amides is 1. The van der Waals surface area contributed by atoms with Crippen LogP contribution >= 0.6 is 0 Å². The van der Waals surface area contributed by atoms with Crippen molar-refractivity contribution < 1.29 is 4.79 Å². The number of carbonyl (C=O) groups excluding carboxylic acids is 1. The van der Waals surface area contributed by atoms with E-state index >= 15 is 0 Å². The molecule has 0 spiro atoms. The molecule has 2 fully saturated rings. The number of aromatic nitrogens is 5. The van der Waals surface area contributed by atoms with Crippen molar-refractivity contribution in [3.05, 3.63) is 30.4 Å². The van der Waals surface area contributed by atoms with E-state index < -0.39 is 0 Å². The largest absolute Gasteiger partial charge is 0.342 e. The molecule has 0 aromatic carbocycles. The van der Waals surface area contributed by atoms with Crippen molar-refractivity contribution in [1.29, 1.82) is 0 Å². The molecule has 27 heavy (non-hydrogen) atoms. The molecule has 2 aromatic heterocycles. The van der Waals surface area contributed by atoms with Crippen molar-refractivity contribution in [2.45, 2.75) is 63.8 Å². The maximum Gasteiger partial charge on any atom is 0.225 e. The molecule has 146 valence electrons. The van der Waals surface area contributed by atoms with Gasteiger partial charge in [-0.05, 0) is 25.7 Å². The molecule has 2 aromatic rings. The van der Waals surface area contributed by atoms with E-state index in [4.69, 9.17) is 0 Å². The summed E-state index contributed by atoms with van der Waals surface area (Å²) < 4.78 is 4.10. The van der Waals surface area contributed by atoms with Crippen LogP contribution in [-0.2, 0) is 18.4 Å². The molecule has 3 heterocycles. The lowest BCUT2D eigenvalue weighted by Gasteiger charge is -2.34. The Hall–Kier alpha value is -2.18. The van der Waals surface area contributed by atoms with Crippen molar-refractivity contribution in [1.82, 2.24) is 29.2 Å². The lowest BCUT2D eigenvalue weighted by Crippen LogP contribution is -2.42. The first kappa shape index (κ1) is 18.2. The average Bonchev–Trinajstić information content (AvgIpc) is 3.24. The van der Waals surface area contributed by atoms with Gasteiger partial charge in [0, 0.05) is 44.4 Å². The Balaban J connectivity index is 1.43. The van der Waals surface area contributed by atoms with Crippen LogP contribution in [0.1, 0.15) is 68.9 Å². The van der Waals surface area contributed by atoms with Crippen LogP contribution in [-0.4, -0.2) is 48.2 Å². The Labute approximate surface area is 160 Å². The Morgan fingerprint density at radius 1 is 1.11 bits per heavy atom. The van der Waals surface area contributed by atoms with Crippen LogP contribution in [0.25, 0.3) is 0 Å². The first-order valence-electron chi connectivity index (χ1n) is 10.3. The molecule has 0 bridgehead atoms. The van der Waals surface area contributed by atoms with E-state index in [-0.39, 0.29) is 11.8 Å². The van der Waals surface area contributed by atoms with Crippen LogP contribution in [0, 0.1) is 5.92 Å². The monoisotopic (exact) mass is 370 g/mol. The first-order valence-corrected chi connectivity index (χ1v) is 10.3. The van der Waals surface area contributed by atoms with Crippen LogP contribution in [0.15, 0.2) is 18.7 Å². The molecule has 0 radical (unpaired) electrons. The second kappa shape index (κ2) is 8.23. The molecule has 7 heteroatoms. The summed E-state index contributed by atoms with van der Waals surface area (Å²) in [5.41, 5.74) is 0. The molecule has 7 nitrogen and oxygen atoms in total. The fourth-order valence-electron chi connectivity index (χ4n) is 4.58. The minimum absolute atomic E-state index is 0.238. The van der Waals surface area contributed by atoms with Gasteiger partial charge >= 0.3 is 0 Å². The second-order valence-corrected chi connectivity index (χ2v) is 8.08. The van der Waals surface area contributed by atoms with Gasteiger partial charge in [0.15, 0.2) is 5.82 Å². The number of rotatable bonds is 4. The van der Waals surface area contributed by atoms with Crippen molar-refractivity contribution in [3.8, 4) is 0 Å². The highest BCUT2D eigenvalue weighted by Gasteiger charge is 2.31. The van der Waals surface area contributed by atoms with Gasteiger partial charge < -0.3 is 14.0 Å². The smallest absolute Gasteiger partial charge is 0.225 e. The van der Waals surface area contributed by atoms with Crippen molar-refractivity contribution in [2.75, 3.05) is 13.1 Å². The highest BCUT2D eigenvalue weighted by atomic mass is 16.2. The molecule has 4 rings (SSSR count). The summed E-state index contributed by atoms with van der Waals surface area (Å²) in [6, 6.07) is 0. The molecule has 2 aliphatic rings. The van der Waals surface area contributed by atoms with Crippen LogP contribution in [0.3, 0.4) is 0 Å². The lowest BCUT2D eigenvalue weighted by molar-refractivity contribution is -0.137. The van der Waals surface area contributed by atoms with E-state index in [1.807, 2.05) is 17.8 Å². The minimum atomic E-state index is 0.238. The topological polar surface area (TPSA) is 68.8 Å². The third-order valence-corrected chi connectivity index (χ3v) is 6.18. The van der Waals surface area contributed by atoms with Gasteiger partial charge in [-0.15, -0.1) is 10.2 Å². The van der Waals surface area contributed by atoms with E-state index in [2.05, 4.69) is 24.6 Å². The highest BCUT2D eigenvalue weighted by molar-refractivity contribution is 5.79. The van der Waals surface area contributed by atoms with E-state index in [1.165, 1.54) is 25.7 Å². The maximum atomic E-state index is 13.1. The number of carbonyl (C=O) groups is 1. The second-order valence-electron chi connectivity index (χ2n) is 8.08. The molecular weight excluding hydrogens is 340 g/mol. The van der Waals surface area contributed by atoms with E-state index in [0.717, 1.165) is 50.4 Å². The minimum Gasteiger partial charge on any atom is -0.342 e. The SMILES string of the molecule is Cn1c(Cn2ccnc2)nnc1[C@@H]1CCCN(C(=O)C2CCCCCC2)C1. The lowest BCUT2D eigenvalue weighted by atomic mass is 9.93. The molecule has 1 aliphatic heterocycles. The molecule has 0 unspecified atom stereocenters. The van der Waals surface area contributed by atoms with Gasteiger partial charge in [-0.25, -0.2) is 4.98 Å². The summed E-state index contributed by atoms with van der Waals surface area (Å²) in [5.74, 6) is 2.83. The maximum absolute atomic E-state index is 13.1. The highest BCUT2D eigenvalue weighted by Crippen LogP contribution is 2.30. The van der Waals surface area contributed by atoms with Gasteiger partial charge in [-0.2, -0.15) is 0 Å². The third-order valence-electron chi connectivity index (χ3n) is 6.18. The quantitative estimate of drug-likeness (QED) is 0.776. The van der Waals surface area contributed by atoms with Crippen molar-refractivity contribution in [3.63, 3.8) is 0 Å². The number of piperidine rings is 1. The summed E-state index contributed by atoms with van der Waals surface area (Å²) in [7, 11) is 2.04. The van der Waals surface area contributed by atoms with Crippen molar-refractivity contribution >= 4 is 5.91 Å².